The summed E-state index contributed by atoms with van der Waals surface area (Å²) in [5.41, 5.74) is 7.80. The summed E-state index contributed by atoms with van der Waals surface area (Å²) >= 11 is 0. The van der Waals surface area contributed by atoms with Crippen LogP contribution in [0.25, 0.3) is 16.9 Å². The zero-order valence-corrected chi connectivity index (χ0v) is 19.3. The van der Waals surface area contributed by atoms with Gasteiger partial charge in [0.1, 0.15) is 18.2 Å². The summed E-state index contributed by atoms with van der Waals surface area (Å²) in [6.07, 6.45) is 0. The number of hydrogen-bond acceptors (Lipinski definition) is 3. The number of methoxy groups -OCH3 is 1. The zero-order chi connectivity index (χ0) is 23.4. The molecule has 33 heavy (non-hydrogen) atoms. The van der Waals surface area contributed by atoms with Gasteiger partial charge in [0.25, 0.3) is 0 Å². The molecule has 0 bridgehead atoms. The summed E-state index contributed by atoms with van der Waals surface area (Å²) in [7, 11) is 1.64. The Morgan fingerprint density at radius 3 is 2.33 bits per heavy atom. The Kier molecular flexibility index (Phi) is 6.59. The van der Waals surface area contributed by atoms with Crippen LogP contribution in [0.2, 0.25) is 0 Å². The van der Waals surface area contributed by atoms with E-state index >= 15 is 0 Å². The van der Waals surface area contributed by atoms with E-state index in [1.165, 1.54) is 17.7 Å². The Labute approximate surface area is 193 Å². The lowest BCUT2D eigenvalue weighted by Crippen LogP contribution is -2.03. The molecule has 4 aromatic rings. The molecule has 5 heteroatoms. The zero-order valence-electron chi connectivity index (χ0n) is 19.3. The first-order chi connectivity index (χ1) is 16.0. The van der Waals surface area contributed by atoms with Crippen LogP contribution in [0, 0.1) is 19.7 Å². The van der Waals surface area contributed by atoms with Gasteiger partial charge < -0.3 is 14.1 Å². The molecule has 0 radical (unpaired) electrons. The van der Waals surface area contributed by atoms with E-state index in [1.54, 1.807) is 19.2 Å². The highest BCUT2D eigenvalue weighted by molar-refractivity contribution is 6.01. The first-order valence-electron chi connectivity index (χ1n) is 10.8. The van der Waals surface area contributed by atoms with Crippen LogP contribution >= 0.6 is 0 Å². The van der Waals surface area contributed by atoms with Crippen LogP contribution in [0.4, 0.5) is 4.39 Å². The lowest BCUT2D eigenvalue weighted by atomic mass is 10.1. The number of aryl methyl sites for hydroxylation is 1. The van der Waals surface area contributed by atoms with Gasteiger partial charge in [-0.15, -0.1) is 0 Å². The lowest BCUT2D eigenvalue weighted by Gasteiger charge is -2.13. The number of hydrogen-bond donors (Lipinski definition) is 0. The largest absolute Gasteiger partial charge is 0.496 e. The van der Waals surface area contributed by atoms with E-state index in [-0.39, 0.29) is 5.82 Å². The third-order valence-electron chi connectivity index (χ3n) is 5.68. The summed E-state index contributed by atoms with van der Waals surface area (Å²) in [6, 6.07) is 24.7. The van der Waals surface area contributed by atoms with Gasteiger partial charge in [0.05, 0.1) is 18.5 Å². The van der Waals surface area contributed by atoms with E-state index in [1.807, 2.05) is 31.2 Å². The molecular weight excluding hydrogens is 415 g/mol. The third kappa shape index (κ3) is 4.82. The van der Waals surface area contributed by atoms with E-state index in [0.29, 0.717) is 6.61 Å². The molecule has 168 valence electrons. The number of para-hydroxylation sites is 1. The second-order valence-corrected chi connectivity index (χ2v) is 7.97. The van der Waals surface area contributed by atoms with Crippen molar-refractivity contribution in [2.24, 2.45) is 5.16 Å². The maximum Gasteiger partial charge on any atom is 0.145 e. The summed E-state index contributed by atoms with van der Waals surface area (Å²) in [6.45, 7) is 6.36. The molecule has 0 spiro atoms. The Balaban J connectivity index is 1.70. The van der Waals surface area contributed by atoms with Crippen molar-refractivity contribution >= 4 is 5.71 Å². The van der Waals surface area contributed by atoms with Gasteiger partial charge in [0, 0.05) is 22.5 Å². The number of benzene rings is 3. The van der Waals surface area contributed by atoms with Crippen molar-refractivity contribution in [1.82, 2.24) is 4.57 Å². The topological polar surface area (TPSA) is 35.8 Å². The van der Waals surface area contributed by atoms with E-state index < -0.39 is 0 Å². The lowest BCUT2D eigenvalue weighted by molar-refractivity contribution is 0.128. The van der Waals surface area contributed by atoms with Crippen molar-refractivity contribution in [2.45, 2.75) is 27.4 Å². The molecule has 3 aromatic carbocycles. The Hall–Kier alpha value is -3.86. The third-order valence-corrected chi connectivity index (χ3v) is 5.68. The van der Waals surface area contributed by atoms with Gasteiger partial charge in [-0.2, -0.15) is 0 Å². The van der Waals surface area contributed by atoms with Crippen molar-refractivity contribution in [3.63, 3.8) is 0 Å². The molecule has 4 nitrogen and oxygen atoms in total. The minimum absolute atomic E-state index is 0.258. The van der Waals surface area contributed by atoms with Crippen LogP contribution in [0.15, 0.2) is 84.0 Å². The van der Waals surface area contributed by atoms with Crippen molar-refractivity contribution in [3.8, 4) is 22.7 Å². The molecule has 0 unspecified atom stereocenters. The molecule has 0 saturated heterocycles. The molecule has 0 saturated carbocycles. The standard InChI is InChI=1S/C28H27FN2O2/c1-19-9-15-25(16-10-19)31-21(3)26(17-27(31)22-11-13-24(29)14-12-22)20(2)30-33-18-23-7-5-6-8-28(23)32-4/h5-17H,18H2,1-4H3/b30-20+. The van der Waals surface area contributed by atoms with Crippen LogP contribution < -0.4 is 4.74 Å². The van der Waals surface area contributed by atoms with Gasteiger partial charge in [-0.1, -0.05) is 41.1 Å². The van der Waals surface area contributed by atoms with Crippen LogP contribution in [0.1, 0.15) is 29.3 Å². The van der Waals surface area contributed by atoms with E-state index in [9.17, 15) is 4.39 Å². The smallest absolute Gasteiger partial charge is 0.145 e. The Morgan fingerprint density at radius 2 is 1.64 bits per heavy atom. The van der Waals surface area contributed by atoms with Gasteiger partial charge >= 0.3 is 0 Å². The number of halogens is 1. The number of rotatable bonds is 7. The first kappa shape index (κ1) is 22.3. The SMILES string of the molecule is COc1ccccc1CO/N=C(\C)c1cc(-c2ccc(F)cc2)n(-c2ccc(C)cc2)c1C. The van der Waals surface area contributed by atoms with Crippen molar-refractivity contribution in [1.29, 1.82) is 0 Å². The first-order valence-corrected chi connectivity index (χ1v) is 10.8. The van der Waals surface area contributed by atoms with Crippen LogP contribution in [0.3, 0.4) is 0 Å². The van der Waals surface area contributed by atoms with Crippen molar-refractivity contribution in [2.75, 3.05) is 7.11 Å². The normalized spacial score (nSPS) is 11.5. The number of nitrogens with zero attached hydrogens (tertiary/aromatic N) is 2. The molecule has 0 atom stereocenters. The highest BCUT2D eigenvalue weighted by Gasteiger charge is 2.17. The maximum atomic E-state index is 13.6. The van der Waals surface area contributed by atoms with Gasteiger partial charge in [-0.3, -0.25) is 0 Å². The molecule has 1 aromatic heterocycles. The molecule has 0 aliphatic heterocycles. The average Bonchev–Trinajstić information content (AvgIpc) is 3.17. The molecule has 0 aliphatic rings. The van der Waals surface area contributed by atoms with Crippen LogP contribution in [-0.4, -0.2) is 17.4 Å². The van der Waals surface area contributed by atoms with Gasteiger partial charge in [0.2, 0.25) is 0 Å². The summed E-state index contributed by atoms with van der Waals surface area (Å²) < 4.78 is 21.1. The molecule has 0 N–H and O–H groups in total. The Bertz CT molecular complexity index is 1270. The fourth-order valence-electron chi connectivity index (χ4n) is 3.90. The quantitative estimate of drug-likeness (QED) is 0.232. The summed E-state index contributed by atoms with van der Waals surface area (Å²) in [4.78, 5) is 5.67. The van der Waals surface area contributed by atoms with Gasteiger partial charge in [-0.05, 0) is 74.9 Å². The van der Waals surface area contributed by atoms with Gasteiger partial charge in [-0.25, -0.2) is 4.39 Å². The highest BCUT2D eigenvalue weighted by atomic mass is 19.1. The summed E-state index contributed by atoms with van der Waals surface area (Å²) in [5.74, 6) is 0.511. The minimum Gasteiger partial charge on any atom is -0.496 e. The van der Waals surface area contributed by atoms with E-state index in [0.717, 1.165) is 45.2 Å². The molecule has 1 heterocycles. The predicted octanol–water partition coefficient (Wildman–Crippen LogP) is 6.85. The number of aromatic nitrogens is 1. The molecule has 4 rings (SSSR count). The monoisotopic (exact) mass is 442 g/mol. The molecule has 0 aliphatic carbocycles. The molecule has 0 fully saturated rings. The van der Waals surface area contributed by atoms with E-state index in [2.05, 4.69) is 53.9 Å². The fourth-order valence-corrected chi connectivity index (χ4v) is 3.90. The average molecular weight is 443 g/mol. The molecule has 0 amide bonds. The number of oxime groups is 1. The molecular formula is C28H27FN2O2. The van der Waals surface area contributed by atoms with Crippen LogP contribution in [-0.2, 0) is 11.4 Å². The second-order valence-electron chi connectivity index (χ2n) is 7.97. The van der Waals surface area contributed by atoms with Crippen LogP contribution in [0.5, 0.6) is 5.75 Å². The van der Waals surface area contributed by atoms with Crippen molar-refractivity contribution < 1.29 is 14.0 Å². The van der Waals surface area contributed by atoms with Crippen molar-refractivity contribution in [3.05, 3.63) is 107 Å². The number of ether oxygens (including phenoxy) is 1. The highest BCUT2D eigenvalue weighted by Crippen LogP contribution is 2.30. The maximum absolute atomic E-state index is 13.6. The fraction of sp³-hybridized carbons (Fsp3) is 0.179. The summed E-state index contributed by atoms with van der Waals surface area (Å²) in [5, 5.41) is 4.38. The Morgan fingerprint density at radius 1 is 0.939 bits per heavy atom. The van der Waals surface area contributed by atoms with E-state index in [4.69, 9.17) is 9.57 Å². The van der Waals surface area contributed by atoms with Gasteiger partial charge in [0.15, 0.2) is 0 Å². The second kappa shape index (κ2) is 9.74. The predicted molar refractivity (Wildman–Crippen MR) is 131 cm³/mol. The minimum atomic E-state index is -0.258.